The van der Waals surface area contributed by atoms with Gasteiger partial charge < -0.3 is 10.6 Å². The number of nitrogen functional groups attached to an aromatic ring is 1. The van der Waals surface area contributed by atoms with Crippen molar-refractivity contribution in [2.24, 2.45) is 0 Å². The lowest BCUT2D eigenvalue weighted by molar-refractivity contribution is 0.101. The van der Waals surface area contributed by atoms with Crippen LogP contribution in [-0.4, -0.2) is 36.5 Å². The van der Waals surface area contributed by atoms with Gasteiger partial charge in [0.15, 0.2) is 11.6 Å². The lowest BCUT2D eigenvalue weighted by Crippen LogP contribution is -2.46. The van der Waals surface area contributed by atoms with Crippen LogP contribution >= 0.6 is 11.6 Å². The number of anilines is 2. The van der Waals surface area contributed by atoms with E-state index in [1.54, 1.807) is 12.3 Å². The highest BCUT2D eigenvalue weighted by molar-refractivity contribution is 6.33. The van der Waals surface area contributed by atoms with Crippen molar-refractivity contribution in [3.8, 4) is 5.69 Å². The van der Waals surface area contributed by atoms with E-state index in [1.165, 1.54) is 46.5 Å². The van der Waals surface area contributed by atoms with Gasteiger partial charge in [-0.3, -0.25) is 14.2 Å². The van der Waals surface area contributed by atoms with Gasteiger partial charge in [0.05, 0.1) is 22.3 Å². The van der Waals surface area contributed by atoms with E-state index in [2.05, 4.69) is 15.1 Å². The molecule has 0 saturated carbocycles. The minimum Gasteiger partial charge on any atom is -0.368 e. The molecule has 4 heterocycles. The number of benzene rings is 1. The van der Waals surface area contributed by atoms with E-state index >= 15 is 0 Å². The van der Waals surface area contributed by atoms with Gasteiger partial charge in [0.1, 0.15) is 17.2 Å². The van der Waals surface area contributed by atoms with Gasteiger partial charge >= 0.3 is 0 Å². The topological polar surface area (TPSA) is 111 Å². The second-order valence-electron chi connectivity index (χ2n) is 7.45. The normalized spacial score (nSPS) is 15.7. The number of Topliss-reactive ketones (excluding diaryl/α,β-unsaturated/α-hetero) is 1. The molecule has 0 spiro atoms. The molecule has 0 aliphatic carbocycles. The summed E-state index contributed by atoms with van der Waals surface area (Å²) in [6.45, 7) is 2.00. The molecule has 4 aromatic rings. The molecule has 9 nitrogen and oxygen atoms in total. The zero-order valence-corrected chi connectivity index (χ0v) is 17.6. The molecule has 1 aliphatic heterocycles. The summed E-state index contributed by atoms with van der Waals surface area (Å²) >= 11 is 6.23. The summed E-state index contributed by atoms with van der Waals surface area (Å²) in [5.41, 5.74) is 6.37. The molecule has 0 bridgehead atoms. The molecule has 1 aliphatic rings. The Morgan fingerprint density at radius 2 is 2.00 bits per heavy atom. The first-order chi connectivity index (χ1) is 15.3. The highest BCUT2D eigenvalue weighted by Gasteiger charge is 2.37. The number of fused-ring (bicyclic) bond motifs is 1. The van der Waals surface area contributed by atoms with Gasteiger partial charge in [-0.15, -0.1) is 0 Å². The summed E-state index contributed by atoms with van der Waals surface area (Å²) in [5, 5.41) is 4.91. The van der Waals surface area contributed by atoms with Crippen molar-refractivity contribution in [3.05, 3.63) is 75.3 Å². The minimum absolute atomic E-state index is 0.0344. The Balaban J connectivity index is 1.72. The Bertz CT molecular complexity index is 1430. The molecule has 3 aromatic heterocycles. The largest absolute Gasteiger partial charge is 0.368 e. The van der Waals surface area contributed by atoms with Crippen molar-refractivity contribution < 1.29 is 9.18 Å². The summed E-state index contributed by atoms with van der Waals surface area (Å²) in [7, 11) is 0. The Labute approximate surface area is 185 Å². The third-order valence-corrected chi connectivity index (χ3v) is 5.81. The van der Waals surface area contributed by atoms with Crippen LogP contribution in [0.1, 0.15) is 35.6 Å². The third-order valence-electron chi connectivity index (χ3n) is 5.50. The zero-order valence-electron chi connectivity index (χ0n) is 16.9. The van der Waals surface area contributed by atoms with Gasteiger partial charge in [-0.1, -0.05) is 11.6 Å². The number of rotatable bonds is 4. The molecule has 32 heavy (non-hydrogen) atoms. The highest BCUT2D eigenvalue weighted by Crippen LogP contribution is 2.38. The van der Waals surface area contributed by atoms with Crippen molar-refractivity contribution in [1.82, 2.24) is 24.1 Å². The molecular formula is C21H17ClFN7O2. The van der Waals surface area contributed by atoms with Crippen molar-refractivity contribution in [1.29, 1.82) is 0 Å². The van der Waals surface area contributed by atoms with Crippen molar-refractivity contribution in [2.45, 2.75) is 19.4 Å². The van der Waals surface area contributed by atoms with Gasteiger partial charge in [0, 0.05) is 18.9 Å². The predicted molar refractivity (Wildman–Crippen MR) is 117 cm³/mol. The van der Waals surface area contributed by atoms with E-state index in [0.717, 1.165) is 0 Å². The zero-order chi connectivity index (χ0) is 22.6. The number of carbonyl (C=O) groups excluding carboxylic acids is 1. The smallest absolute Gasteiger partial charge is 0.284 e. The number of nitrogens with two attached hydrogens (primary N) is 1. The van der Waals surface area contributed by atoms with Crippen molar-refractivity contribution in [2.75, 3.05) is 17.2 Å². The Kier molecular flexibility index (Phi) is 4.66. The minimum atomic E-state index is -0.425. The van der Waals surface area contributed by atoms with Crippen molar-refractivity contribution >= 4 is 34.7 Å². The lowest BCUT2D eigenvalue weighted by atomic mass is 10.00. The molecule has 0 unspecified atom stereocenters. The lowest BCUT2D eigenvalue weighted by Gasteiger charge is -2.42. The quantitative estimate of drug-likeness (QED) is 0.473. The summed E-state index contributed by atoms with van der Waals surface area (Å²) < 4.78 is 16.4. The fraction of sp³-hybridized carbons (Fsp3) is 0.190. The number of hydrogen-bond acceptors (Lipinski definition) is 7. The molecule has 5 rings (SSSR count). The summed E-state index contributed by atoms with van der Waals surface area (Å²) in [4.78, 5) is 35.6. The van der Waals surface area contributed by atoms with Crippen LogP contribution in [0.25, 0.3) is 11.2 Å². The van der Waals surface area contributed by atoms with Crippen LogP contribution < -0.4 is 16.2 Å². The molecule has 1 fully saturated rings. The molecule has 162 valence electrons. The van der Waals surface area contributed by atoms with Crippen molar-refractivity contribution in [3.63, 3.8) is 0 Å². The Hall–Kier alpha value is -3.79. The average molecular weight is 454 g/mol. The number of ketones is 1. The molecule has 11 heteroatoms. The summed E-state index contributed by atoms with van der Waals surface area (Å²) in [6, 6.07) is 6.75. The number of aromatic nitrogens is 5. The molecule has 0 radical (unpaired) electrons. The molecule has 1 saturated heterocycles. The fourth-order valence-electron chi connectivity index (χ4n) is 3.87. The maximum absolute atomic E-state index is 13.6. The van der Waals surface area contributed by atoms with Crippen LogP contribution in [0.15, 0.2) is 47.5 Å². The van der Waals surface area contributed by atoms with E-state index in [0.29, 0.717) is 35.9 Å². The van der Waals surface area contributed by atoms with E-state index in [9.17, 15) is 14.0 Å². The first-order valence-electron chi connectivity index (χ1n) is 9.81. The van der Waals surface area contributed by atoms with Crippen LogP contribution in [0.5, 0.6) is 0 Å². The van der Waals surface area contributed by atoms with Crippen LogP contribution in [0.4, 0.5) is 16.2 Å². The molecule has 2 N–H and O–H groups in total. The first-order valence-corrected chi connectivity index (χ1v) is 10.2. The Morgan fingerprint density at radius 3 is 2.66 bits per heavy atom. The SMILES string of the molecule is CC(=O)c1cnc(N)nc1N1CC[C@H]1c1nn2ccc(Cl)c2c(=O)n1-c1ccc(F)cc1. The van der Waals surface area contributed by atoms with Gasteiger partial charge in [-0.05, 0) is 43.7 Å². The Morgan fingerprint density at radius 1 is 1.25 bits per heavy atom. The van der Waals surface area contributed by atoms with E-state index in [4.69, 9.17) is 17.3 Å². The van der Waals surface area contributed by atoms with Gasteiger partial charge in [-0.2, -0.15) is 10.1 Å². The second kappa shape index (κ2) is 7.41. The maximum atomic E-state index is 13.6. The summed E-state index contributed by atoms with van der Waals surface area (Å²) in [5.74, 6) is 0.186. The molecular weight excluding hydrogens is 437 g/mol. The van der Waals surface area contributed by atoms with Crippen LogP contribution in [0, 0.1) is 5.82 Å². The standard InChI is InChI=1S/C21H17ClFN7O2/c1-11(31)14-10-25-21(24)26-18(14)28-8-7-16(28)19-27-29-9-6-15(22)17(29)20(32)30(19)13-4-2-12(23)3-5-13/h2-6,9-10,16H,7-8H2,1H3,(H2,24,25,26)/t16-/m0/s1. The average Bonchev–Trinajstić information content (AvgIpc) is 3.09. The van der Waals surface area contributed by atoms with Crippen LogP contribution in [0.2, 0.25) is 5.02 Å². The predicted octanol–water partition coefficient (Wildman–Crippen LogP) is 2.80. The monoisotopic (exact) mass is 453 g/mol. The van der Waals surface area contributed by atoms with Crippen LogP contribution in [0.3, 0.4) is 0 Å². The first kappa shape index (κ1) is 20.1. The number of halogens is 2. The second-order valence-corrected chi connectivity index (χ2v) is 7.86. The van der Waals surface area contributed by atoms with Gasteiger partial charge in [-0.25, -0.2) is 13.9 Å². The molecule has 1 atom stereocenters. The van der Waals surface area contributed by atoms with E-state index in [-0.39, 0.29) is 28.3 Å². The van der Waals surface area contributed by atoms with Crippen LogP contribution in [-0.2, 0) is 0 Å². The van der Waals surface area contributed by atoms with Gasteiger partial charge in [0.25, 0.3) is 5.56 Å². The number of hydrogen-bond donors (Lipinski definition) is 1. The molecule has 0 amide bonds. The highest BCUT2D eigenvalue weighted by atomic mass is 35.5. The fourth-order valence-corrected chi connectivity index (χ4v) is 4.09. The van der Waals surface area contributed by atoms with E-state index < -0.39 is 11.4 Å². The molecule has 1 aromatic carbocycles. The maximum Gasteiger partial charge on any atom is 0.284 e. The van der Waals surface area contributed by atoms with E-state index in [1.807, 2.05) is 4.90 Å². The number of carbonyl (C=O) groups is 1. The van der Waals surface area contributed by atoms with Gasteiger partial charge in [0.2, 0.25) is 5.95 Å². The third kappa shape index (κ3) is 3.11. The summed E-state index contributed by atoms with van der Waals surface area (Å²) in [6.07, 6.45) is 3.64. The number of nitrogens with zero attached hydrogens (tertiary/aromatic N) is 6.